The van der Waals surface area contributed by atoms with Crippen LogP contribution in [0.3, 0.4) is 0 Å². The molecule has 20 heavy (non-hydrogen) atoms. The summed E-state index contributed by atoms with van der Waals surface area (Å²) in [4.78, 5) is 6.89. The Labute approximate surface area is 126 Å². The zero-order valence-corrected chi connectivity index (χ0v) is 12.4. The fraction of sp³-hybridized carbons (Fsp3) is 0.167. The first-order valence-corrected chi connectivity index (χ1v) is 6.58. The molecule has 3 nitrogen and oxygen atoms in total. The second-order valence-electron chi connectivity index (χ2n) is 4.01. The Bertz CT molecular complexity index is 646. The molecular formula is C12H8BrClF3N3. The quantitative estimate of drug-likeness (QED) is 0.763. The largest absolute Gasteiger partial charge is 0.433 e. The van der Waals surface area contributed by atoms with Gasteiger partial charge < -0.3 is 5.32 Å². The van der Waals surface area contributed by atoms with Crippen LogP contribution in [0.1, 0.15) is 11.3 Å². The van der Waals surface area contributed by atoms with E-state index in [1.165, 1.54) is 0 Å². The van der Waals surface area contributed by atoms with Crippen LogP contribution in [0.25, 0.3) is 0 Å². The average molecular weight is 367 g/mol. The molecule has 0 amide bonds. The Kier molecular flexibility index (Phi) is 4.19. The van der Waals surface area contributed by atoms with Crippen molar-refractivity contribution >= 4 is 39.0 Å². The first-order valence-electron chi connectivity index (χ1n) is 5.40. The highest BCUT2D eigenvalue weighted by Gasteiger charge is 2.33. The lowest BCUT2D eigenvalue weighted by Gasteiger charge is -2.11. The number of nitrogens with zero attached hydrogens (tertiary/aromatic N) is 2. The average Bonchev–Trinajstić information content (AvgIpc) is 2.31. The fourth-order valence-electron chi connectivity index (χ4n) is 1.49. The molecule has 0 aliphatic carbocycles. The van der Waals surface area contributed by atoms with Crippen molar-refractivity contribution in [2.45, 2.75) is 13.1 Å². The van der Waals surface area contributed by atoms with Crippen molar-refractivity contribution in [1.29, 1.82) is 0 Å². The summed E-state index contributed by atoms with van der Waals surface area (Å²) in [7, 11) is 0. The predicted molar refractivity (Wildman–Crippen MR) is 74.2 cm³/mol. The summed E-state index contributed by atoms with van der Waals surface area (Å²) in [6, 6.07) is 6.18. The van der Waals surface area contributed by atoms with E-state index < -0.39 is 17.2 Å². The van der Waals surface area contributed by atoms with Crippen LogP contribution >= 0.6 is 27.5 Å². The molecule has 0 unspecified atom stereocenters. The highest BCUT2D eigenvalue weighted by atomic mass is 79.9. The van der Waals surface area contributed by atoms with E-state index >= 15 is 0 Å². The normalized spacial score (nSPS) is 11.5. The zero-order chi connectivity index (χ0) is 14.9. The van der Waals surface area contributed by atoms with Gasteiger partial charge in [-0.25, -0.2) is 9.97 Å². The molecule has 2 aromatic rings. The van der Waals surface area contributed by atoms with E-state index in [0.717, 1.165) is 11.6 Å². The summed E-state index contributed by atoms with van der Waals surface area (Å²) >= 11 is 8.83. The Morgan fingerprint density at radius 2 is 1.90 bits per heavy atom. The SMILES string of the molecule is Cc1ccc(Nc2cc(C(F)(F)F)nc(Cl)n2)c(Br)c1. The molecule has 2 rings (SSSR count). The van der Waals surface area contributed by atoms with E-state index in [4.69, 9.17) is 11.6 Å². The predicted octanol–water partition coefficient (Wildman–Crippen LogP) is 4.96. The van der Waals surface area contributed by atoms with Crippen LogP contribution < -0.4 is 5.32 Å². The summed E-state index contributed by atoms with van der Waals surface area (Å²) in [5, 5.41) is 2.30. The lowest BCUT2D eigenvalue weighted by atomic mass is 10.2. The zero-order valence-electron chi connectivity index (χ0n) is 10.1. The number of halogens is 5. The van der Waals surface area contributed by atoms with Gasteiger partial charge in [0, 0.05) is 10.5 Å². The number of aromatic nitrogens is 2. The van der Waals surface area contributed by atoms with E-state index in [2.05, 4.69) is 31.2 Å². The molecule has 1 aromatic carbocycles. The number of anilines is 2. The number of rotatable bonds is 2. The van der Waals surface area contributed by atoms with Gasteiger partial charge in [-0.1, -0.05) is 6.07 Å². The fourth-order valence-corrected chi connectivity index (χ4v) is 2.26. The van der Waals surface area contributed by atoms with Crippen LogP contribution in [0.4, 0.5) is 24.7 Å². The van der Waals surface area contributed by atoms with Gasteiger partial charge in [0.1, 0.15) is 5.82 Å². The van der Waals surface area contributed by atoms with E-state index in [-0.39, 0.29) is 5.82 Å². The van der Waals surface area contributed by atoms with E-state index in [9.17, 15) is 13.2 Å². The van der Waals surface area contributed by atoms with Crippen LogP contribution in [0.15, 0.2) is 28.7 Å². The van der Waals surface area contributed by atoms with Crippen LogP contribution in [-0.2, 0) is 6.18 Å². The summed E-state index contributed by atoms with van der Waals surface area (Å²) < 4.78 is 38.6. The second-order valence-corrected chi connectivity index (χ2v) is 5.21. The second kappa shape index (κ2) is 5.57. The maximum absolute atomic E-state index is 12.6. The van der Waals surface area contributed by atoms with Crippen molar-refractivity contribution in [2.24, 2.45) is 0 Å². The smallest absolute Gasteiger partial charge is 0.339 e. The molecule has 1 heterocycles. The Balaban J connectivity index is 2.36. The molecule has 1 aromatic heterocycles. The van der Waals surface area contributed by atoms with Gasteiger partial charge in [0.2, 0.25) is 5.28 Å². The van der Waals surface area contributed by atoms with E-state index in [0.29, 0.717) is 10.2 Å². The number of aryl methyl sites for hydroxylation is 1. The summed E-state index contributed by atoms with van der Waals surface area (Å²) in [6.07, 6.45) is -4.58. The first-order chi connectivity index (χ1) is 9.25. The molecule has 0 aliphatic heterocycles. The van der Waals surface area contributed by atoms with Gasteiger partial charge in [0.15, 0.2) is 5.69 Å². The first kappa shape index (κ1) is 15.1. The highest BCUT2D eigenvalue weighted by Crippen LogP contribution is 2.31. The van der Waals surface area contributed by atoms with E-state index in [1.807, 2.05) is 19.1 Å². The Morgan fingerprint density at radius 3 is 2.50 bits per heavy atom. The minimum absolute atomic E-state index is 0.0260. The van der Waals surface area contributed by atoms with Crippen molar-refractivity contribution in [1.82, 2.24) is 9.97 Å². The van der Waals surface area contributed by atoms with Crippen molar-refractivity contribution in [3.63, 3.8) is 0 Å². The number of benzene rings is 1. The van der Waals surface area contributed by atoms with Crippen molar-refractivity contribution < 1.29 is 13.2 Å². The third-order valence-electron chi connectivity index (χ3n) is 2.38. The van der Waals surface area contributed by atoms with E-state index in [1.54, 1.807) is 6.07 Å². The molecule has 0 saturated carbocycles. The standard InChI is InChI=1S/C12H8BrClF3N3/c1-6-2-3-8(7(13)4-6)18-10-5-9(12(15,16)17)19-11(14)20-10/h2-5H,1H3,(H,18,19,20). The minimum Gasteiger partial charge on any atom is -0.339 e. The van der Waals surface area contributed by atoms with Gasteiger partial charge in [-0.15, -0.1) is 0 Å². The minimum atomic E-state index is -4.58. The topological polar surface area (TPSA) is 37.8 Å². The van der Waals surface area contributed by atoms with Crippen molar-refractivity contribution in [2.75, 3.05) is 5.32 Å². The molecule has 8 heteroatoms. The number of hydrogen-bond acceptors (Lipinski definition) is 3. The summed E-state index contributed by atoms with van der Waals surface area (Å²) in [6.45, 7) is 1.90. The van der Waals surface area contributed by atoms with Gasteiger partial charge in [0.05, 0.1) is 5.69 Å². The van der Waals surface area contributed by atoms with Crippen LogP contribution in [-0.4, -0.2) is 9.97 Å². The summed E-state index contributed by atoms with van der Waals surface area (Å²) in [5.74, 6) is -0.0260. The van der Waals surface area contributed by atoms with Crippen LogP contribution in [0.5, 0.6) is 0 Å². The van der Waals surface area contributed by atoms with Crippen molar-refractivity contribution in [3.8, 4) is 0 Å². The number of nitrogens with one attached hydrogen (secondary N) is 1. The van der Waals surface area contributed by atoms with Gasteiger partial charge >= 0.3 is 6.18 Å². The highest BCUT2D eigenvalue weighted by molar-refractivity contribution is 9.10. The molecule has 1 N–H and O–H groups in total. The van der Waals surface area contributed by atoms with Crippen molar-refractivity contribution in [3.05, 3.63) is 45.3 Å². The molecule has 0 fully saturated rings. The third kappa shape index (κ3) is 3.61. The number of alkyl halides is 3. The Morgan fingerprint density at radius 1 is 1.20 bits per heavy atom. The molecular weight excluding hydrogens is 359 g/mol. The van der Waals surface area contributed by atoms with Crippen LogP contribution in [0, 0.1) is 6.92 Å². The van der Waals surface area contributed by atoms with Gasteiger partial charge in [0.25, 0.3) is 0 Å². The lowest BCUT2D eigenvalue weighted by molar-refractivity contribution is -0.141. The molecule has 0 aliphatic rings. The molecule has 0 radical (unpaired) electrons. The third-order valence-corrected chi connectivity index (χ3v) is 3.20. The van der Waals surface area contributed by atoms with Crippen LogP contribution in [0.2, 0.25) is 5.28 Å². The summed E-state index contributed by atoms with van der Waals surface area (Å²) in [5.41, 5.74) is 0.501. The van der Waals surface area contributed by atoms with Gasteiger partial charge in [-0.2, -0.15) is 13.2 Å². The molecule has 0 spiro atoms. The molecule has 106 valence electrons. The maximum atomic E-state index is 12.6. The maximum Gasteiger partial charge on any atom is 0.433 e. The monoisotopic (exact) mass is 365 g/mol. The Hall–Kier alpha value is -1.34. The molecule has 0 atom stereocenters. The number of hydrogen-bond donors (Lipinski definition) is 1. The molecule has 0 saturated heterocycles. The molecule has 0 bridgehead atoms. The van der Waals surface area contributed by atoms with Gasteiger partial charge in [-0.05, 0) is 52.2 Å². The lowest BCUT2D eigenvalue weighted by Crippen LogP contribution is -2.10. The van der Waals surface area contributed by atoms with Gasteiger partial charge in [-0.3, -0.25) is 0 Å².